The third kappa shape index (κ3) is 2.94. The second-order valence-electron chi connectivity index (χ2n) is 5.76. The fraction of sp³-hybridized carbons (Fsp3) is 0.294. The largest absolute Gasteiger partial charge is 0.298 e. The summed E-state index contributed by atoms with van der Waals surface area (Å²) in [5, 5.41) is 2.70. The lowest BCUT2D eigenvalue weighted by atomic mass is 10.1. The predicted octanol–water partition coefficient (Wildman–Crippen LogP) is 4.82. The predicted molar refractivity (Wildman–Crippen MR) is 93.8 cm³/mol. The number of halogens is 1. The first kappa shape index (κ1) is 15.3. The molecule has 0 atom stereocenters. The molecule has 2 aromatic heterocycles. The number of hydrogen-bond acceptors (Lipinski definition) is 3. The van der Waals surface area contributed by atoms with Crippen molar-refractivity contribution in [2.24, 2.45) is 5.92 Å². The zero-order chi connectivity index (χ0) is 15.7. The molecule has 3 aromatic rings. The van der Waals surface area contributed by atoms with E-state index in [1.807, 2.05) is 29.6 Å². The van der Waals surface area contributed by atoms with Crippen molar-refractivity contribution in [3.63, 3.8) is 0 Å². The molecule has 0 amide bonds. The van der Waals surface area contributed by atoms with E-state index in [1.54, 1.807) is 10.9 Å². The minimum Gasteiger partial charge on any atom is -0.298 e. The Morgan fingerprint density at radius 1 is 1.27 bits per heavy atom. The van der Waals surface area contributed by atoms with E-state index < -0.39 is 0 Å². The summed E-state index contributed by atoms with van der Waals surface area (Å²) in [7, 11) is 0. The molecule has 0 saturated heterocycles. The van der Waals surface area contributed by atoms with Crippen LogP contribution in [0.5, 0.6) is 0 Å². The van der Waals surface area contributed by atoms with Gasteiger partial charge in [-0.1, -0.05) is 37.6 Å². The van der Waals surface area contributed by atoms with E-state index in [4.69, 9.17) is 11.6 Å². The van der Waals surface area contributed by atoms with Gasteiger partial charge in [0.2, 0.25) is 0 Å². The molecule has 2 heterocycles. The molecular formula is C17H17ClN2OS. The molecule has 0 N–H and O–H groups in total. The van der Waals surface area contributed by atoms with Crippen LogP contribution in [0.25, 0.3) is 21.3 Å². The molecule has 0 aliphatic heterocycles. The molecular weight excluding hydrogens is 316 g/mol. The van der Waals surface area contributed by atoms with Crippen LogP contribution in [0.4, 0.5) is 0 Å². The molecule has 5 heteroatoms. The summed E-state index contributed by atoms with van der Waals surface area (Å²) in [5.41, 5.74) is 2.85. The van der Waals surface area contributed by atoms with Gasteiger partial charge in [0.1, 0.15) is 4.70 Å². The summed E-state index contributed by atoms with van der Waals surface area (Å²) in [6.45, 7) is 5.02. The minimum atomic E-state index is 0.0517. The Hall–Kier alpha value is -1.65. The van der Waals surface area contributed by atoms with Crippen LogP contribution in [-0.2, 0) is 6.54 Å². The van der Waals surface area contributed by atoms with Crippen molar-refractivity contribution in [2.75, 3.05) is 0 Å². The van der Waals surface area contributed by atoms with Crippen molar-refractivity contribution in [3.8, 4) is 11.1 Å². The third-order valence-electron chi connectivity index (χ3n) is 3.65. The quantitative estimate of drug-likeness (QED) is 0.686. The van der Waals surface area contributed by atoms with E-state index in [9.17, 15) is 4.79 Å². The summed E-state index contributed by atoms with van der Waals surface area (Å²) < 4.78 is 2.43. The van der Waals surface area contributed by atoms with Gasteiger partial charge in [-0.25, -0.2) is 4.98 Å². The first-order valence-corrected chi connectivity index (χ1v) is 8.54. The average Bonchev–Trinajstić information content (AvgIpc) is 2.92. The van der Waals surface area contributed by atoms with Crippen molar-refractivity contribution < 1.29 is 0 Å². The fourth-order valence-corrected chi connectivity index (χ4v) is 3.43. The topological polar surface area (TPSA) is 34.9 Å². The van der Waals surface area contributed by atoms with Gasteiger partial charge in [0.25, 0.3) is 5.56 Å². The standard InChI is InChI=1S/C17H17ClN2OS/c1-11(2)7-8-20-10-19-15-14(9-22-16(15)17(20)21)12-3-5-13(18)6-4-12/h3-6,9-11H,7-8H2,1-2H3. The zero-order valence-electron chi connectivity index (χ0n) is 12.5. The van der Waals surface area contributed by atoms with E-state index in [0.717, 1.165) is 27.8 Å². The highest BCUT2D eigenvalue weighted by atomic mass is 35.5. The molecule has 0 fully saturated rings. The number of fused-ring (bicyclic) bond motifs is 1. The Morgan fingerprint density at radius 3 is 2.68 bits per heavy atom. The Morgan fingerprint density at radius 2 is 2.00 bits per heavy atom. The van der Waals surface area contributed by atoms with Crippen LogP contribution in [0.3, 0.4) is 0 Å². The number of aryl methyl sites for hydroxylation is 1. The lowest BCUT2D eigenvalue weighted by Gasteiger charge is -2.07. The highest BCUT2D eigenvalue weighted by molar-refractivity contribution is 7.17. The lowest BCUT2D eigenvalue weighted by Crippen LogP contribution is -2.20. The molecule has 0 bridgehead atoms. The molecule has 22 heavy (non-hydrogen) atoms. The van der Waals surface area contributed by atoms with Gasteiger partial charge in [-0.3, -0.25) is 9.36 Å². The van der Waals surface area contributed by atoms with Crippen LogP contribution in [0.15, 0.2) is 40.8 Å². The Labute approximate surface area is 138 Å². The number of hydrogen-bond donors (Lipinski definition) is 0. The molecule has 0 saturated carbocycles. The molecule has 0 aliphatic carbocycles. The van der Waals surface area contributed by atoms with E-state index in [0.29, 0.717) is 17.5 Å². The van der Waals surface area contributed by atoms with Crippen LogP contribution >= 0.6 is 22.9 Å². The van der Waals surface area contributed by atoms with Crippen LogP contribution < -0.4 is 5.56 Å². The maximum Gasteiger partial charge on any atom is 0.271 e. The summed E-state index contributed by atoms with van der Waals surface area (Å²) in [5.74, 6) is 0.565. The summed E-state index contributed by atoms with van der Waals surface area (Å²) in [6.07, 6.45) is 2.64. The van der Waals surface area contributed by atoms with Gasteiger partial charge in [-0.05, 0) is 30.0 Å². The first-order valence-electron chi connectivity index (χ1n) is 7.29. The molecule has 0 radical (unpaired) electrons. The van der Waals surface area contributed by atoms with Crippen molar-refractivity contribution >= 4 is 33.2 Å². The number of aromatic nitrogens is 2. The second-order valence-corrected chi connectivity index (χ2v) is 7.08. The van der Waals surface area contributed by atoms with E-state index >= 15 is 0 Å². The Bertz CT molecular complexity index is 849. The maximum absolute atomic E-state index is 12.6. The monoisotopic (exact) mass is 332 g/mol. The fourth-order valence-electron chi connectivity index (χ4n) is 2.33. The van der Waals surface area contributed by atoms with Gasteiger partial charge >= 0.3 is 0 Å². The summed E-state index contributed by atoms with van der Waals surface area (Å²) >= 11 is 7.39. The first-order chi connectivity index (χ1) is 10.6. The van der Waals surface area contributed by atoms with Crippen molar-refractivity contribution in [1.29, 1.82) is 0 Å². The molecule has 3 nitrogen and oxygen atoms in total. The maximum atomic E-state index is 12.6. The smallest absolute Gasteiger partial charge is 0.271 e. The van der Waals surface area contributed by atoms with Gasteiger partial charge in [0, 0.05) is 22.5 Å². The second kappa shape index (κ2) is 6.23. The number of rotatable bonds is 4. The third-order valence-corrected chi connectivity index (χ3v) is 4.86. The molecule has 0 spiro atoms. The van der Waals surface area contributed by atoms with Crippen molar-refractivity contribution in [1.82, 2.24) is 9.55 Å². The van der Waals surface area contributed by atoms with E-state index in [2.05, 4.69) is 18.8 Å². The molecule has 3 rings (SSSR count). The average molecular weight is 333 g/mol. The van der Waals surface area contributed by atoms with E-state index in [-0.39, 0.29) is 5.56 Å². The normalized spacial score (nSPS) is 11.5. The van der Waals surface area contributed by atoms with Crippen LogP contribution in [-0.4, -0.2) is 9.55 Å². The highest BCUT2D eigenvalue weighted by Crippen LogP contribution is 2.31. The van der Waals surface area contributed by atoms with Crippen LogP contribution in [0.2, 0.25) is 5.02 Å². The molecule has 114 valence electrons. The Balaban J connectivity index is 2.04. The van der Waals surface area contributed by atoms with Gasteiger partial charge < -0.3 is 0 Å². The summed E-state index contributed by atoms with van der Waals surface area (Å²) in [4.78, 5) is 17.1. The zero-order valence-corrected chi connectivity index (χ0v) is 14.1. The number of nitrogens with zero attached hydrogens (tertiary/aromatic N) is 2. The molecule has 0 unspecified atom stereocenters. The van der Waals surface area contributed by atoms with Gasteiger partial charge in [0.05, 0.1) is 11.8 Å². The molecule has 0 aliphatic rings. The SMILES string of the molecule is CC(C)CCn1cnc2c(-c3ccc(Cl)cc3)csc2c1=O. The highest BCUT2D eigenvalue weighted by Gasteiger charge is 2.12. The lowest BCUT2D eigenvalue weighted by molar-refractivity contribution is 0.506. The van der Waals surface area contributed by atoms with Gasteiger partial charge in [0.15, 0.2) is 0 Å². The van der Waals surface area contributed by atoms with Crippen molar-refractivity contribution in [3.05, 3.63) is 51.3 Å². The van der Waals surface area contributed by atoms with Crippen molar-refractivity contribution in [2.45, 2.75) is 26.8 Å². The number of thiophene rings is 1. The Kier molecular flexibility index (Phi) is 4.32. The van der Waals surface area contributed by atoms with E-state index in [1.165, 1.54) is 11.3 Å². The van der Waals surface area contributed by atoms with Gasteiger partial charge in [-0.2, -0.15) is 0 Å². The van der Waals surface area contributed by atoms with Crippen LogP contribution in [0, 0.1) is 5.92 Å². The molecule has 1 aromatic carbocycles. The number of benzene rings is 1. The van der Waals surface area contributed by atoms with Gasteiger partial charge in [-0.15, -0.1) is 11.3 Å². The minimum absolute atomic E-state index is 0.0517. The van der Waals surface area contributed by atoms with Crippen LogP contribution in [0.1, 0.15) is 20.3 Å². The summed E-state index contributed by atoms with van der Waals surface area (Å²) in [6, 6.07) is 7.61.